The number of likely N-dealkylation sites (N-methyl/N-ethyl adjacent to an activating group) is 1. The minimum Gasteiger partial charge on any atom is -0.492 e. The zero-order chi connectivity index (χ0) is 46.6. The summed E-state index contributed by atoms with van der Waals surface area (Å²) in [6.45, 7) is 7.85. The van der Waals surface area contributed by atoms with Gasteiger partial charge in [-0.1, -0.05) is 57.2 Å². The molecule has 0 radical (unpaired) electrons. The Morgan fingerprint density at radius 1 is 0.953 bits per heavy atom. The number of hydrogen-bond donors (Lipinski definition) is 7. The van der Waals surface area contributed by atoms with E-state index in [0.717, 1.165) is 11.1 Å². The summed E-state index contributed by atoms with van der Waals surface area (Å²) < 4.78 is 12.1. The van der Waals surface area contributed by atoms with E-state index in [0.29, 0.717) is 45.3 Å². The molecule has 1 aliphatic heterocycles. The van der Waals surface area contributed by atoms with Crippen LogP contribution in [0.1, 0.15) is 66.0 Å². The monoisotopic (exact) mass is 875 g/mol. The number of amides is 5. The summed E-state index contributed by atoms with van der Waals surface area (Å²) in [6, 6.07) is 16.1. The summed E-state index contributed by atoms with van der Waals surface area (Å²) in [5.41, 5.74) is 21.9. The number of aromatic nitrogens is 2. The Kier molecular flexibility index (Phi) is 16.5. The summed E-state index contributed by atoms with van der Waals surface area (Å²) in [5.74, 6) is -2.16. The summed E-state index contributed by atoms with van der Waals surface area (Å²) in [5, 5.41) is 19.6. The maximum absolute atomic E-state index is 14.6. The molecule has 338 valence electrons. The molecule has 18 nitrogen and oxygen atoms in total. The van der Waals surface area contributed by atoms with Crippen LogP contribution >= 0.6 is 0 Å². The fraction of sp³-hybridized carbons (Fsp3) is 0.391. The van der Waals surface area contributed by atoms with Crippen molar-refractivity contribution in [3.05, 3.63) is 94.8 Å². The van der Waals surface area contributed by atoms with Gasteiger partial charge >= 0.3 is 0 Å². The van der Waals surface area contributed by atoms with E-state index in [1.165, 1.54) is 18.1 Å². The number of nitriles is 1. The smallest absolute Gasteiger partial charge is 0.255 e. The first kappa shape index (κ1) is 48.1. The lowest BCUT2D eigenvalue weighted by molar-refractivity contribution is -0.141. The normalized spacial score (nSPS) is 15.6. The van der Waals surface area contributed by atoms with Crippen molar-refractivity contribution in [2.75, 3.05) is 53.0 Å². The minimum atomic E-state index is -1.39. The van der Waals surface area contributed by atoms with Gasteiger partial charge in [-0.3, -0.25) is 24.0 Å². The minimum absolute atomic E-state index is 0.00287. The van der Waals surface area contributed by atoms with Crippen LogP contribution < -0.4 is 47.9 Å². The van der Waals surface area contributed by atoms with Gasteiger partial charge in [0.1, 0.15) is 49.4 Å². The van der Waals surface area contributed by atoms with Crippen LogP contribution in [-0.4, -0.2) is 109 Å². The maximum atomic E-state index is 14.6. The molecule has 0 unspecified atom stereocenters. The molecule has 3 atom stereocenters. The molecule has 1 aliphatic rings. The summed E-state index contributed by atoms with van der Waals surface area (Å²) in [4.78, 5) is 79.6. The van der Waals surface area contributed by atoms with Crippen molar-refractivity contribution in [2.45, 2.75) is 64.1 Å². The molecule has 5 rings (SSSR count). The number of nitrogens with zero attached hydrogens (tertiary/aromatic N) is 4. The van der Waals surface area contributed by atoms with E-state index >= 15 is 0 Å². The number of hydrogen-bond acceptors (Lipinski definition) is 13. The standard InChI is InChI=1S/C46H57N11O7/c1-27-34(25-52-41(54-27)29-7-10-31(11-8-29)46(2,3)4)42(59)56-35(14-15-47)45(62)57(5)40-30-9-13-38(64-21-18-50)33(24-30)32-22-28(6-12-37(32)63-20-17-49)23-36(43(60)51-19-16-48)55-39(58)26-53-44(40)61/h6-13,22,24-25,35-36,40H,14-15,17-21,23,26,47,49-50H2,1-5H3,(H,51,60)(H,53,61)(H,55,58)(H,56,59)/t35-,36-,40-/m0/s1. The highest BCUT2D eigenvalue weighted by molar-refractivity contribution is 5.99. The number of benzene rings is 3. The van der Waals surface area contributed by atoms with Crippen molar-refractivity contribution < 1.29 is 33.4 Å². The summed E-state index contributed by atoms with van der Waals surface area (Å²) in [6.07, 6.45) is 1.42. The molecule has 5 amide bonds. The van der Waals surface area contributed by atoms with Crippen LogP contribution in [0.3, 0.4) is 0 Å². The van der Waals surface area contributed by atoms with Gasteiger partial charge in [0, 0.05) is 49.4 Å². The first-order valence-electron chi connectivity index (χ1n) is 21.0. The predicted molar refractivity (Wildman–Crippen MR) is 240 cm³/mol. The molecule has 64 heavy (non-hydrogen) atoms. The lowest BCUT2D eigenvalue weighted by Crippen LogP contribution is -2.53. The molecular formula is C46H57N11O7. The molecule has 4 bridgehead atoms. The first-order chi connectivity index (χ1) is 30.6. The van der Waals surface area contributed by atoms with Crippen molar-refractivity contribution in [1.82, 2.24) is 36.1 Å². The molecule has 2 heterocycles. The number of carbonyl (C=O) groups excluding carboxylic acids is 5. The van der Waals surface area contributed by atoms with E-state index in [1.54, 1.807) is 43.3 Å². The molecule has 0 spiro atoms. The number of carbonyl (C=O) groups is 5. The third-order valence-electron chi connectivity index (χ3n) is 10.5. The second-order valence-electron chi connectivity index (χ2n) is 16.3. The van der Waals surface area contributed by atoms with Crippen LogP contribution in [0.25, 0.3) is 22.5 Å². The second-order valence-corrected chi connectivity index (χ2v) is 16.3. The third-order valence-corrected chi connectivity index (χ3v) is 10.5. The molecule has 0 saturated carbocycles. The topological polar surface area (TPSA) is 283 Å². The Hall–Kier alpha value is -6.94. The van der Waals surface area contributed by atoms with Crippen molar-refractivity contribution >= 4 is 29.5 Å². The van der Waals surface area contributed by atoms with Gasteiger partial charge in [0.2, 0.25) is 23.6 Å². The average molecular weight is 876 g/mol. The highest BCUT2D eigenvalue weighted by Gasteiger charge is 2.35. The third kappa shape index (κ3) is 11.9. The molecule has 1 aromatic heterocycles. The quantitative estimate of drug-likeness (QED) is 0.0836. The van der Waals surface area contributed by atoms with Crippen molar-refractivity contribution in [3.63, 3.8) is 0 Å². The zero-order valence-corrected chi connectivity index (χ0v) is 36.8. The lowest BCUT2D eigenvalue weighted by atomic mass is 9.87. The molecule has 0 aliphatic carbocycles. The zero-order valence-electron chi connectivity index (χ0n) is 36.8. The van der Waals surface area contributed by atoms with E-state index < -0.39 is 54.2 Å². The van der Waals surface area contributed by atoms with Gasteiger partial charge in [0.05, 0.1) is 23.9 Å². The molecule has 0 saturated heterocycles. The first-order valence-corrected chi connectivity index (χ1v) is 21.0. The van der Waals surface area contributed by atoms with Gasteiger partial charge < -0.3 is 52.8 Å². The van der Waals surface area contributed by atoms with Crippen molar-refractivity contribution in [1.29, 1.82) is 5.26 Å². The van der Waals surface area contributed by atoms with Crippen LogP contribution in [0.15, 0.2) is 66.9 Å². The number of fused-ring (bicyclic) bond motifs is 5. The average Bonchev–Trinajstić information content (AvgIpc) is 3.27. The van der Waals surface area contributed by atoms with Crippen molar-refractivity contribution in [2.24, 2.45) is 17.2 Å². The maximum Gasteiger partial charge on any atom is 0.255 e. The van der Waals surface area contributed by atoms with Gasteiger partial charge in [-0.15, -0.1) is 0 Å². The SMILES string of the molecule is Cc1nc(-c2ccc(C(C)(C)C)cc2)ncc1C(=O)N[C@@H](CCN)C(=O)N(C)[C@@H]1C(=O)NCC(=O)N[C@H](C(=O)NCC#N)Cc2ccc(OCCN)c(c2)-c2cc1ccc2OCCN. The second kappa shape index (κ2) is 21.9. The molecule has 0 fully saturated rings. The highest BCUT2D eigenvalue weighted by atomic mass is 16.5. The Labute approximate surface area is 372 Å². The van der Waals surface area contributed by atoms with E-state index in [9.17, 15) is 24.0 Å². The van der Waals surface area contributed by atoms with Crippen LogP contribution in [0.2, 0.25) is 0 Å². The number of nitrogens with one attached hydrogen (secondary N) is 4. The van der Waals surface area contributed by atoms with Crippen LogP contribution in [0, 0.1) is 18.3 Å². The van der Waals surface area contributed by atoms with Crippen LogP contribution in [0.5, 0.6) is 11.5 Å². The van der Waals surface area contributed by atoms with Crippen molar-refractivity contribution in [3.8, 4) is 40.1 Å². The fourth-order valence-electron chi connectivity index (χ4n) is 7.17. The van der Waals surface area contributed by atoms with Gasteiger partial charge in [0.25, 0.3) is 5.91 Å². The van der Waals surface area contributed by atoms with Gasteiger partial charge in [0.15, 0.2) is 5.82 Å². The Balaban J connectivity index is 1.53. The van der Waals surface area contributed by atoms with E-state index in [-0.39, 0.29) is 63.2 Å². The Morgan fingerprint density at radius 3 is 2.22 bits per heavy atom. The predicted octanol–water partition coefficient (Wildman–Crippen LogP) is 1.54. The van der Waals surface area contributed by atoms with Crippen LogP contribution in [0.4, 0.5) is 0 Å². The number of rotatable bonds is 15. The molecule has 18 heteroatoms. The van der Waals surface area contributed by atoms with E-state index in [4.69, 9.17) is 31.9 Å². The largest absolute Gasteiger partial charge is 0.492 e. The van der Waals surface area contributed by atoms with Gasteiger partial charge in [-0.25, -0.2) is 9.97 Å². The number of ether oxygens (including phenoxy) is 2. The summed E-state index contributed by atoms with van der Waals surface area (Å²) in [7, 11) is 1.41. The molecule has 10 N–H and O–H groups in total. The Bertz CT molecular complexity index is 2380. The van der Waals surface area contributed by atoms with Gasteiger partial charge in [-0.2, -0.15) is 5.26 Å². The molecule has 3 aromatic carbocycles. The number of nitrogens with two attached hydrogens (primary N) is 3. The van der Waals surface area contributed by atoms with E-state index in [1.807, 2.05) is 30.3 Å². The van der Waals surface area contributed by atoms with E-state index in [2.05, 4.69) is 52.0 Å². The highest BCUT2D eigenvalue weighted by Crippen LogP contribution is 2.40. The van der Waals surface area contributed by atoms with Crippen LogP contribution in [-0.2, 0) is 31.0 Å². The summed E-state index contributed by atoms with van der Waals surface area (Å²) >= 11 is 0. The molecule has 4 aromatic rings. The number of aryl methyl sites for hydroxylation is 1. The fourth-order valence-corrected chi connectivity index (χ4v) is 7.17. The lowest BCUT2D eigenvalue weighted by Gasteiger charge is -2.32. The van der Waals surface area contributed by atoms with Gasteiger partial charge in [-0.05, 0) is 66.3 Å². The molecular weight excluding hydrogens is 819 g/mol. The Morgan fingerprint density at radius 2 is 1.61 bits per heavy atom.